The number of anilines is 1. The van der Waals surface area contributed by atoms with Crippen LogP contribution in [0.1, 0.15) is 29.2 Å². The predicted molar refractivity (Wildman–Crippen MR) is 102 cm³/mol. The third-order valence-corrected chi connectivity index (χ3v) is 4.71. The van der Waals surface area contributed by atoms with E-state index in [9.17, 15) is 0 Å². The van der Waals surface area contributed by atoms with Crippen molar-refractivity contribution in [1.82, 2.24) is 5.32 Å². The Kier molecular flexibility index (Phi) is 5.19. The SMILES string of the molecule is B=C(C)c1ccc(CNc2c(Cl)ccc3c2CCNCC3)cc1. The third-order valence-electron chi connectivity index (χ3n) is 4.40. The van der Waals surface area contributed by atoms with Gasteiger partial charge in [0.05, 0.1) is 0 Å². The van der Waals surface area contributed by atoms with Gasteiger partial charge in [-0.3, -0.25) is 0 Å². The zero-order valence-electron chi connectivity index (χ0n) is 13.6. The molecule has 0 spiro atoms. The summed E-state index contributed by atoms with van der Waals surface area (Å²) in [5.74, 6) is 0. The standard InChI is InChI=1S/C19H22BClN2/c1-13(20)15-4-2-14(3-5-15)12-23-19-17-9-11-22-10-8-16(17)6-7-18(19)21/h2-7,20,22-23H,8-12H2,1H3. The van der Waals surface area contributed by atoms with Crippen molar-refractivity contribution in [3.05, 3.63) is 63.7 Å². The first-order valence-corrected chi connectivity index (χ1v) is 8.52. The van der Waals surface area contributed by atoms with Crippen LogP contribution in [0, 0.1) is 0 Å². The molecule has 2 aromatic carbocycles. The molecule has 1 aliphatic rings. The quantitative estimate of drug-likeness (QED) is 0.845. The molecule has 3 rings (SSSR count). The minimum atomic E-state index is 0.778. The maximum atomic E-state index is 6.45. The molecule has 0 saturated carbocycles. The van der Waals surface area contributed by atoms with E-state index in [0.717, 1.165) is 48.6 Å². The Hall–Kier alpha value is -1.58. The van der Waals surface area contributed by atoms with Crippen molar-refractivity contribution in [1.29, 1.82) is 0 Å². The van der Waals surface area contributed by atoms with E-state index >= 15 is 0 Å². The summed E-state index contributed by atoms with van der Waals surface area (Å²) in [5.41, 5.74) is 7.38. The Morgan fingerprint density at radius 2 is 1.87 bits per heavy atom. The Morgan fingerprint density at radius 1 is 1.13 bits per heavy atom. The maximum absolute atomic E-state index is 6.45. The molecule has 0 aliphatic carbocycles. The Balaban J connectivity index is 1.78. The van der Waals surface area contributed by atoms with Gasteiger partial charge in [-0.1, -0.05) is 0 Å². The second-order valence-electron chi connectivity index (χ2n) is 6.14. The predicted octanol–water partition coefficient (Wildman–Crippen LogP) is 3.08. The summed E-state index contributed by atoms with van der Waals surface area (Å²) in [6.07, 6.45) is 2.08. The molecule has 2 N–H and O–H groups in total. The minimum absolute atomic E-state index is 0.778. The number of hydrogen-bond donors (Lipinski definition) is 2. The molecule has 1 heterocycles. The van der Waals surface area contributed by atoms with Gasteiger partial charge in [0, 0.05) is 0 Å². The van der Waals surface area contributed by atoms with Gasteiger partial charge in [0.1, 0.15) is 0 Å². The van der Waals surface area contributed by atoms with Crippen LogP contribution in [-0.2, 0) is 19.4 Å². The van der Waals surface area contributed by atoms with Crippen LogP contribution in [0.5, 0.6) is 0 Å². The van der Waals surface area contributed by atoms with E-state index in [0.29, 0.717) is 0 Å². The summed E-state index contributed by atoms with van der Waals surface area (Å²) >= 11 is 6.45. The second kappa shape index (κ2) is 7.33. The topological polar surface area (TPSA) is 24.1 Å². The first-order valence-electron chi connectivity index (χ1n) is 8.15. The van der Waals surface area contributed by atoms with Crippen molar-refractivity contribution in [3.8, 4) is 0 Å². The third kappa shape index (κ3) is 3.85. The van der Waals surface area contributed by atoms with Crippen molar-refractivity contribution < 1.29 is 0 Å². The molecule has 0 fully saturated rings. The second-order valence-corrected chi connectivity index (χ2v) is 6.55. The monoisotopic (exact) mass is 324 g/mol. The van der Waals surface area contributed by atoms with Gasteiger partial charge in [0.15, 0.2) is 0 Å². The first kappa shape index (κ1) is 16.3. The van der Waals surface area contributed by atoms with E-state index in [4.69, 9.17) is 11.6 Å². The average molecular weight is 325 g/mol. The van der Waals surface area contributed by atoms with Gasteiger partial charge in [0.25, 0.3) is 0 Å². The molecule has 4 heteroatoms. The van der Waals surface area contributed by atoms with Gasteiger partial charge in [-0.05, 0) is 0 Å². The molecule has 2 nitrogen and oxygen atoms in total. The summed E-state index contributed by atoms with van der Waals surface area (Å²) in [7, 11) is 3.98. The summed E-state index contributed by atoms with van der Waals surface area (Å²) in [6.45, 7) is 4.85. The van der Waals surface area contributed by atoms with Gasteiger partial charge in [-0.25, -0.2) is 0 Å². The molecule has 0 bridgehead atoms. The molecule has 0 amide bonds. The Morgan fingerprint density at radius 3 is 2.61 bits per heavy atom. The van der Waals surface area contributed by atoms with Crippen molar-refractivity contribution in [3.63, 3.8) is 0 Å². The van der Waals surface area contributed by atoms with Crippen molar-refractivity contribution >= 4 is 30.2 Å². The summed E-state index contributed by atoms with van der Waals surface area (Å²) in [6, 6.07) is 12.7. The van der Waals surface area contributed by atoms with Crippen LogP contribution in [0.4, 0.5) is 5.69 Å². The normalized spacial score (nSPS) is 14.0. The molecule has 0 saturated heterocycles. The van der Waals surface area contributed by atoms with Gasteiger partial charge in [0.2, 0.25) is 0 Å². The number of halogens is 1. The molecule has 118 valence electrons. The zero-order chi connectivity index (χ0) is 16.2. The average Bonchev–Trinajstić information content (AvgIpc) is 2.80. The van der Waals surface area contributed by atoms with Gasteiger partial charge >= 0.3 is 144 Å². The molecule has 1 aliphatic heterocycles. The fraction of sp³-hybridized carbons (Fsp3) is 0.316. The fourth-order valence-electron chi connectivity index (χ4n) is 3.03. The number of benzene rings is 2. The number of hydrogen-bond acceptors (Lipinski definition) is 2. The molecular formula is C19H22BClN2. The van der Waals surface area contributed by atoms with Crippen LogP contribution in [0.3, 0.4) is 0 Å². The first-order chi connectivity index (χ1) is 11.1. The van der Waals surface area contributed by atoms with Gasteiger partial charge < -0.3 is 0 Å². The zero-order valence-corrected chi connectivity index (χ0v) is 14.3. The molecule has 0 atom stereocenters. The van der Waals surface area contributed by atoms with E-state index < -0.39 is 0 Å². The van der Waals surface area contributed by atoms with Crippen LogP contribution >= 0.6 is 11.6 Å². The molecule has 2 aromatic rings. The molecule has 0 unspecified atom stereocenters. The van der Waals surface area contributed by atoms with Crippen molar-refractivity contribution in [2.75, 3.05) is 18.4 Å². The summed E-state index contributed by atoms with van der Waals surface area (Å²) < 4.78 is 0. The van der Waals surface area contributed by atoms with Gasteiger partial charge in [-0.2, -0.15) is 0 Å². The van der Waals surface area contributed by atoms with E-state index in [2.05, 4.69) is 48.5 Å². The molecule has 23 heavy (non-hydrogen) atoms. The van der Waals surface area contributed by atoms with E-state index in [1.165, 1.54) is 22.3 Å². The van der Waals surface area contributed by atoms with Gasteiger partial charge in [-0.15, -0.1) is 0 Å². The van der Waals surface area contributed by atoms with E-state index in [1.807, 2.05) is 13.0 Å². The van der Waals surface area contributed by atoms with Crippen LogP contribution in [-0.4, -0.2) is 26.0 Å². The van der Waals surface area contributed by atoms with E-state index in [-0.39, 0.29) is 0 Å². The Labute approximate surface area is 144 Å². The van der Waals surface area contributed by atoms with Crippen LogP contribution < -0.4 is 10.6 Å². The van der Waals surface area contributed by atoms with Crippen molar-refractivity contribution in [2.45, 2.75) is 26.3 Å². The number of rotatable bonds is 4. The summed E-state index contributed by atoms with van der Waals surface area (Å²) in [5, 5.41) is 7.81. The number of nitrogens with one attached hydrogen (secondary N) is 2. The van der Waals surface area contributed by atoms with E-state index in [1.54, 1.807) is 0 Å². The Bertz CT molecular complexity index is 710. The molecular weight excluding hydrogens is 302 g/mol. The van der Waals surface area contributed by atoms with Crippen LogP contribution in [0.25, 0.3) is 0 Å². The van der Waals surface area contributed by atoms with Crippen molar-refractivity contribution in [2.24, 2.45) is 0 Å². The fourth-order valence-corrected chi connectivity index (χ4v) is 3.28. The van der Waals surface area contributed by atoms with Crippen LogP contribution in [0.2, 0.25) is 5.02 Å². The molecule has 0 aromatic heterocycles. The molecule has 0 radical (unpaired) electrons. The number of fused-ring (bicyclic) bond motifs is 1. The summed E-state index contributed by atoms with van der Waals surface area (Å²) in [4.78, 5) is 0. The van der Waals surface area contributed by atoms with Crippen LogP contribution in [0.15, 0.2) is 36.4 Å².